The van der Waals surface area contributed by atoms with Crippen LogP contribution < -0.4 is 10.6 Å². The van der Waals surface area contributed by atoms with Crippen LogP contribution in [0.2, 0.25) is 0 Å². The topological polar surface area (TPSA) is 95.5 Å². The first-order valence-corrected chi connectivity index (χ1v) is 6.47. The highest BCUT2D eigenvalue weighted by atomic mass is 16.4. The van der Waals surface area contributed by atoms with Crippen molar-refractivity contribution in [3.8, 4) is 0 Å². The average molecular weight is 290 g/mol. The highest BCUT2D eigenvalue weighted by molar-refractivity contribution is 6.08. The standard InChI is InChI=1S/C15H18N2O4/c1-4-16-14(19)11-5-7-12(8-6-11)17-13(18)9(2)10(3)15(20)21/h5-8H,4H2,1-3H3,(H,16,19)(H,17,18)(H,20,21). The molecule has 3 N–H and O–H groups in total. The molecule has 0 aliphatic carbocycles. The quantitative estimate of drug-likeness (QED) is 0.720. The fraction of sp³-hybridized carbons (Fsp3) is 0.267. The lowest BCUT2D eigenvalue weighted by molar-refractivity contribution is -0.133. The monoisotopic (exact) mass is 290 g/mol. The summed E-state index contributed by atoms with van der Waals surface area (Å²) in [7, 11) is 0. The van der Waals surface area contributed by atoms with E-state index in [9.17, 15) is 14.4 Å². The summed E-state index contributed by atoms with van der Waals surface area (Å²) in [6, 6.07) is 6.35. The number of amides is 2. The molecule has 0 unspecified atom stereocenters. The zero-order valence-electron chi connectivity index (χ0n) is 12.2. The number of benzene rings is 1. The Kier molecular flexibility index (Phi) is 5.66. The lowest BCUT2D eigenvalue weighted by Crippen LogP contribution is -2.22. The fourth-order valence-corrected chi connectivity index (χ4v) is 1.52. The molecule has 112 valence electrons. The van der Waals surface area contributed by atoms with Gasteiger partial charge in [0.15, 0.2) is 0 Å². The molecule has 2 amide bonds. The van der Waals surface area contributed by atoms with Crippen LogP contribution in [0.1, 0.15) is 31.1 Å². The minimum atomic E-state index is -1.13. The minimum Gasteiger partial charge on any atom is -0.478 e. The number of hydrogen-bond acceptors (Lipinski definition) is 3. The zero-order valence-corrected chi connectivity index (χ0v) is 12.2. The van der Waals surface area contributed by atoms with Gasteiger partial charge in [0.25, 0.3) is 11.8 Å². The van der Waals surface area contributed by atoms with Crippen molar-refractivity contribution in [2.75, 3.05) is 11.9 Å². The Hall–Kier alpha value is -2.63. The van der Waals surface area contributed by atoms with Crippen molar-refractivity contribution in [2.24, 2.45) is 0 Å². The number of rotatable bonds is 5. The summed E-state index contributed by atoms with van der Waals surface area (Å²) >= 11 is 0. The summed E-state index contributed by atoms with van der Waals surface area (Å²) in [5.74, 6) is -1.80. The van der Waals surface area contributed by atoms with Crippen LogP contribution in [0.5, 0.6) is 0 Å². The van der Waals surface area contributed by atoms with E-state index in [0.717, 1.165) is 0 Å². The van der Waals surface area contributed by atoms with Gasteiger partial charge in [0.05, 0.1) is 0 Å². The molecule has 0 spiro atoms. The van der Waals surface area contributed by atoms with Crippen molar-refractivity contribution in [1.29, 1.82) is 0 Å². The first kappa shape index (κ1) is 16.4. The summed E-state index contributed by atoms with van der Waals surface area (Å²) < 4.78 is 0. The Morgan fingerprint density at radius 3 is 2.10 bits per heavy atom. The lowest BCUT2D eigenvalue weighted by Gasteiger charge is -2.08. The Balaban J connectivity index is 2.81. The van der Waals surface area contributed by atoms with Gasteiger partial charge in [-0.1, -0.05) is 0 Å². The third-order valence-corrected chi connectivity index (χ3v) is 2.97. The maximum absolute atomic E-state index is 11.9. The van der Waals surface area contributed by atoms with Crippen molar-refractivity contribution in [3.63, 3.8) is 0 Å². The summed E-state index contributed by atoms with van der Waals surface area (Å²) in [6.45, 7) is 5.18. The van der Waals surface area contributed by atoms with Crippen LogP contribution in [0.3, 0.4) is 0 Å². The molecule has 0 bridgehead atoms. The Labute approximate surface area is 122 Å². The van der Waals surface area contributed by atoms with E-state index in [1.54, 1.807) is 24.3 Å². The van der Waals surface area contributed by atoms with Crippen LogP contribution in [-0.4, -0.2) is 29.4 Å². The van der Waals surface area contributed by atoms with Crippen LogP contribution in [0.4, 0.5) is 5.69 Å². The number of carbonyl (C=O) groups is 3. The molecule has 1 rings (SSSR count). The Bertz CT molecular complexity index is 588. The average Bonchev–Trinajstić information content (AvgIpc) is 2.46. The Morgan fingerprint density at radius 2 is 1.62 bits per heavy atom. The summed E-state index contributed by atoms with van der Waals surface area (Å²) in [6.07, 6.45) is 0. The highest BCUT2D eigenvalue weighted by Crippen LogP contribution is 2.12. The van der Waals surface area contributed by atoms with Gasteiger partial charge in [0, 0.05) is 28.9 Å². The molecule has 1 aromatic rings. The van der Waals surface area contributed by atoms with E-state index in [2.05, 4.69) is 10.6 Å². The molecule has 6 heteroatoms. The number of anilines is 1. The predicted molar refractivity (Wildman–Crippen MR) is 79.1 cm³/mol. The SMILES string of the molecule is CCNC(=O)c1ccc(NC(=O)C(C)=C(C)C(=O)O)cc1. The molecule has 0 heterocycles. The lowest BCUT2D eigenvalue weighted by atomic mass is 10.1. The molecule has 21 heavy (non-hydrogen) atoms. The van der Waals surface area contributed by atoms with Crippen LogP contribution >= 0.6 is 0 Å². The van der Waals surface area contributed by atoms with Gasteiger partial charge in [-0.25, -0.2) is 4.79 Å². The van der Waals surface area contributed by atoms with Gasteiger partial charge in [0.1, 0.15) is 0 Å². The van der Waals surface area contributed by atoms with E-state index in [0.29, 0.717) is 17.8 Å². The molecule has 0 aliphatic rings. The maximum atomic E-state index is 11.9. The van der Waals surface area contributed by atoms with Crippen molar-refractivity contribution >= 4 is 23.5 Å². The Morgan fingerprint density at radius 1 is 1.05 bits per heavy atom. The second-order valence-corrected chi connectivity index (χ2v) is 4.45. The molecule has 6 nitrogen and oxygen atoms in total. The van der Waals surface area contributed by atoms with Gasteiger partial charge < -0.3 is 15.7 Å². The molecule has 1 aromatic carbocycles. The fourth-order valence-electron chi connectivity index (χ4n) is 1.52. The molecule has 0 fully saturated rings. The minimum absolute atomic E-state index is 0.00792. The van der Waals surface area contributed by atoms with Gasteiger partial charge in [0.2, 0.25) is 0 Å². The molecular formula is C15H18N2O4. The van der Waals surface area contributed by atoms with E-state index in [-0.39, 0.29) is 17.1 Å². The van der Waals surface area contributed by atoms with Gasteiger partial charge in [-0.15, -0.1) is 0 Å². The molecule has 0 atom stereocenters. The number of carboxylic acids is 1. The normalized spacial score (nSPS) is 11.4. The molecule has 0 saturated heterocycles. The highest BCUT2D eigenvalue weighted by Gasteiger charge is 2.13. The van der Waals surface area contributed by atoms with Crippen LogP contribution in [-0.2, 0) is 9.59 Å². The molecular weight excluding hydrogens is 272 g/mol. The number of carbonyl (C=O) groups excluding carboxylic acids is 2. The van der Waals surface area contributed by atoms with Gasteiger partial charge in [-0.3, -0.25) is 9.59 Å². The summed E-state index contributed by atoms with van der Waals surface area (Å²) in [4.78, 5) is 34.2. The number of aliphatic carboxylic acids is 1. The molecule has 0 radical (unpaired) electrons. The molecule has 0 saturated carbocycles. The number of carboxylic acid groups (broad SMARTS) is 1. The van der Waals surface area contributed by atoms with Crippen molar-refractivity contribution in [2.45, 2.75) is 20.8 Å². The number of nitrogens with one attached hydrogen (secondary N) is 2. The summed E-state index contributed by atoms with van der Waals surface area (Å²) in [5.41, 5.74) is 1.11. The van der Waals surface area contributed by atoms with E-state index in [1.807, 2.05) is 6.92 Å². The smallest absolute Gasteiger partial charge is 0.331 e. The third-order valence-electron chi connectivity index (χ3n) is 2.97. The third kappa shape index (κ3) is 4.45. The largest absolute Gasteiger partial charge is 0.478 e. The second kappa shape index (κ2) is 7.23. The van der Waals surface area contributed by atoms with Crippen molar-refractivity contribution < 1.29 is 19.5 Å². The zero-order chi connectivity index (χ0) is 16.0. The first-order chi connectivity index (χ1) is 9.86. The number of hydrogen-bond donors (Lipinski definition) is 3. The van der Waals surface area contributed by atoms with Gasteiger partial charge in [-0.2, -0.15) is 0 Å². The van der Waals surface area contributed by atoms with Gasteiger partial charge >= 0.3 is 5.97 Å². The van der Waals surface area contributed by atoms with E-state index in [4.69, 9.17) is 5.11 Å². The van der Waals surface area contributed by atoms with Crippen LogP contribution in [0.15, 0.2) is 35.4 Å². The predicted octanol–water partition coefficient (Wildman–Crippen LogP) is 1.80. The second-order valence-electron chi connectivity index (χ2n) is 4.45. The van der Waals surface area contributed by atoms with E-state index >= 15 is 0 Å². The van der Waals surface area contributed by atoms with Gasteiger partial charge in [-0.05, 0) is 45.0 Å². The van der Waals surface area contributed by atoms with Crippen LogP contribution in [0, 0.1) is 0 Å². The molecule has 0 aromatic heterocycles. The molecule has 0 aliphatic heterocycles. The van der Waals surface area contributed by atoms with Crippen molar-refractivity contribution in [3.05, 3.63) is 41.0 Å². The van der Waals surface area contributed by atoms with E-state index < -0.39 is 11.9 Å². The maximum Gasteiger partial charge on any atom is 0.331 e. The van der Waals surface area contributed by atoms with Crippen molar-refractivity contribution in [1.82, 2.24) is 5.32 Å². The van der Waals surface area contributed by atoms with Crippen LogP contribution in [0.25, 0.3) is 0 Å². The summed E-state index contributed by atoms with van der Waals surface area (Å²) in [5, 5.41) is 14.1. The first-order valence-electron chi connectivity index (χ1n) is 6.47. The van der Waals surface area contributed by atoms with E-state index in [1.165, 1.54) is 13.8 Å².